The molecule has 0 aliphatic carbocycles. The van der Waals surface area contributed by atoms with Crippen molar-refractivity contribution in [1.82, 2.24) is 15.3 Å². The van der Waals surface area contributed by atoms with E-state index in [2.05, 4.69) is 31.2 Å². The number of hydrogen-bond acceptors (Lipinski definition) is 8. The van der Waals surface area contributed by atoms with Gasteiger partial charge in [0.15, 0.2) is 17.6 Å². The maximum Gasteiger partial charge on any atom is 0.457 e. The lowest BCUT2D eigenvalue weighted by atomic mass is 10.1. The fourth-order valence-electron chi connectivity index (χ4n) is 4.19. The van der Waals surface area contributed by atoms with Crippen LogP contribution in [0.25, 0.3) is 10.9 Å². The van der Waals surface area contributed by atoms with Crippen LogP contribution < -0.4 is 20.1 Å². The predicted molar refractivity (Wildman–Crippen MR) is 125 cm³/mol. The number of nitrogens with zero attached hydrogens (tertiary/aromatic N) is 2. The topological polar surface area (TPSA) is 86.8 Å². The van der Waals surface area contributed by atoms with Gasteiger partial charge in [0.25, 0.3) is 0 Å². The molecule has 13 heteroatoms. The lowest BCUT2D eigenvalue weighted by molar-refractivity contribution is -0.169. The van der Waals surface area contributed by atoms with E-state index in [0.29, 0.717) is 33.2 Å². The summed E-state index contributed by atoms with van der Waals surface area (Å²) in [4.78, 5) is 8.66. The van der Waals surface area contributed by atoms with Crippen molar-refractivity contribution in [2.45, 2.75) is 30.7 Å². The van der Waals surface area contributed by atoms with Crippen LogP contribution in [0.15, 0.2) is 41.1 Å². The van der Waals surface area contributed by atoms with Gasteiger partial charge in [0.05, 0.1) is 36.9 Å². The first-order valence-corrected chi connectivity index (χ1v) is 11.7. The molecule has 0 spiro atoms. The van der Waals surface area contributed by atoms with Crippen LogP contribution in [0.1, 0.15) is 0 Å². The Morgan fingerprint density at radius 1 is 1.09 bits per heavy atom. The van der Waals surface area contributed by atoms with E-state index < -0.39 is 30.7 Å². The van der Waals surface area contributed by atoms with Crippen molar-refractivity contribution in [2.24, 2.45) is 0 Å². The molecule has 3 heterocycles. The first kappa shape index (κ1) is 24.3. The van der Waals surface area contributed by atoms with E-state index in [0.717, 1.165) is 10.2 Å². The van der Waals surface area contributed by atoms with Gasteiger partial charge in [0, 0.05) is 21.6 Å². The van der Waals surface area contributed by atoms with Crippen LogP contribution in [0.2, 0.25) is 5.02 Å². The van der Waals surface area contributed by atoms with Gasteiger partial charge in [0.2, 0.25) is 0 Å². The van der Waals surface area contributed by atoms with Gasteiger partial charge >= 0.3 is 6.30 Å². The summed E-state index contributed by atoms with van der Waals surface area (Å²) in [5.41, 5.74) is 1.30. The lowest BCUT2D eigenvalue weighted by Gasteiger charge is -2.20. The Morgan fingerprint density at radius 2 is 1.89 bits per heavy atom. The van der Waals surface area contributed by atoms with Crippen LogP contribution in [0, 0.1) is 0 Å². The molecule has 2 saturated heterocycles. The molecule has 0 unspecified atom stereocenters. The summed E-state index contributed by atoms with van der Waals surface area (Å²) in [6.45, 7) is -0.0562. The Labute approximate surface area is 211 Å². The normalized spacial score (nSPS) is 23.9. The molecule has 5 rings (SSSR count). The molecule has 3 aromatic rings. The minimum atomic E-state index is -4.53. The Bertz CT molecular complexity index is 1250. The van der Waals surface area contributed by atoms with E-state index in [1.54, 1.807) is 23.5 Å². The largest absolute Gasteiger partial charge is 0.493 e. The number of alkyl halides is 3. The highest BCUT2D eigenvalue weighted by Crippen LogP contribution is 2.38. The number of anilines is 2. The molecule has 1 aromatic heterocycles. The molecule has 8 nitrogen and oxygen atoms in total. The van der Waals surface area contributed by atoms with E-state index in [1.807, 2.05) is 12.1 Å². The zero-order valence-electron chi connectivity index (χ0n) is 18.1. The molecule has 2 aliphatic heterocycles. The third-order valence-corrected chi connectivity index (χ3v) is 6.97. The number of rotatable bonds is 6. The first-order chi connectivity index (χ1) is 16.7. The van der Waals surface area contributed by atoms with Crippen LogP contribution in [-0.4, -0.2) is 60.9 Å². The molecule has 2 fully saturated rings. The van der Waals surface area contributed by atoms with Crippen LogP contribution in [-0.2, 0) is 9.47 Å². The average molecular weight is 576 g/mol. The van der Waals surface area contributed by atoms with Gasteiger partial charge in [-0.15, -0.1) is 0 Å². The molecule has 2 aliphatic rings. The average Bonchev–Trinajstić information content (AvgIpc) is 3.38. The Kier molecular flexibility index (Phi) is 6.66. The zero-order chi connectivity index (χ0) is 24.7. The van der Waals surface area contributed by atoms with Crippen molar-refractivity contribution >= 4 is 49.9 Å². The zero-order valence-corrected chi connectivity index (χ0v) is 20.4. The van der Waals surface area contributed by atoms with Gasteiger partial charge in [-0.05, 0) is 40.2 Å². The number of nitrogens with one attached hydrogen (secondary N) is 2. The van der Waals surface area contributed by atoms with Gasteiger partial charge in [-0.3, -0.25) is 0 Å². The van der Waals surface area contributed by atoms with E-state index in [4.69, 9.17) is 30.5 Å². The molecule has 0 amide bonds. The number of halogens is 5. The minimum absolute atomic E-state index is 0.0769. The Morgan fingerprint density at radius 3 is 2.63 bits per heavy atom. The van der Waals surface area contributed by atoms with E-state index in [1.165, 1.54) is 13.4 Å². The summed E-state index contributed by atoms with van der Waals surface area (Å²) in [5.74, 6) is 1.29. The lowest BCUT2D eigenvalue weighted by Crippen LogP contribution is -2.48. The highest BCUT2D eigenvalue weighted by Gasteiger charge is 2.51. The van der Waals surface area contributed by atoms with Crippen molar-refractivity contribution in [2.75, 3.05) is 25.6 Å². The fourth-order valence-corrected chi connectivity index (χ4v) is 4.62. The number of aromatic nitrogens is 2. The first-order valence-electron chi connectivity index (χ1n) is 10.5. The standard InChI is InChI=1S/C22H19BrClF3N4O4/c1-32-16-5-11-14(28-9-29-21(11)30-10-2-3-12(23)13(24)4-10)6-17(16)35-18-8-34-19-15(7-33-20(18)19)31-22(25,26)27/h2-6,9,15,18-20,31H,7-8H2,1H3,(H,28,29,30)/t15-,18+,19+,20+/m0/s1. The summed E-state index contributed by atoms with van der Waals surface area (Å²) in [6.07, 6.45) is -5.16. The molecule has 4 atom stereocenters. The number of ether oxygens (including phenoxy) is 4. The Hall–Kier alpha value is -2.38. The summed E-state index contributed by atoms with van der Waals surface area (Å²) >= 11 is 9.55. The van der Waals surface area contributed by atoms with Crippen molar-refractivity contribution in [1.29, 1.82) is 0 Å². The van der Waals surface area contributed by atoms with Crippen LogP contribution in [0.4, 0.5) is 24.7 Å². The summed E-state index contributed by atoms with van der Waals surface area (Å²) < 4.78 is 61.9. The monoisotopic (exact) mass is 574 g/mol. The SMILES string of the molecule is COc1cc2c(Nc3ccc(Br)c(Cl)c3)ncnc2cc1O[C@@H]1CO[C@H]2[C@@H]1OC[C@@H]2NC(F)(F)F. The highest BCUT2D eigenvalue weighted by molar-refractivity contribution is 9.10. The number of benzene rings is 2. The van der Waals surface area contributed by atoms with Crippen LogP contribution >= 0.6 is 27.5 Å². The number of methoxy groups -OCH3 is 1. The van der Waals surface area contributed by atoms with E-state index >= 15 is 0 Å². The van der Waals surface area contributed by atoms with Crippen LogP contribution in [0.3, 0.4) is 0 Å². The van der Waals surface area contributed by atoms with Crippen LogP contribution in [0.5, 0.6) is 11.5 Å². The van der Waals surface area contributed by atoms with Gasteiger partial charge in [-0.1, -0.05) is 11.6 Å². The third-order valence-electron chi connectivity index (χ3n) is 5.74. The molecular weight excluding hydrogens is 557 g/mol. The van der Waals surface area contributed by atoms with Crippen molar-refractivity contribution in [3.8, 4) is 11.5 Å². The van der Waals surface area contributed by atoms with Gasteiger partial charge in [0.1, 0.15) is 24.4 Å². The minimum Gasteiger partial charge on any atom is -0.493 e. The fraction of sp³-hybridized carbons (Fsp3) is 0.364. The van der Waals surface area contributed by atoms with Gasteiger partial charge in [-0.25, -0.2) is 15.3 Å². The maximum atomic E-state index is 12.8. The molecule has 186 valence electrons. The second-order valence-electron chi connectivity index (χ2n) is 8.00. The number of hydrogen-bond donors (Lipinski definition) is 2. The molecule has 0 saturated carbocycles. The van der Waals surface area contributed by atoms with Crippen molar-refractivity contribution in [3.05, 3.63) is 46.2 Å². The smallest absolute Gasteiger partial charge is 0.457 e. The van der Waals surface area contributed by atoms with Crippen molar-refractivity contribution in [3.63, 3.8) is 0 Å². The second kappa shape index (κ2) is 9.58. The predicted octanol–water partition coefficient (Wildman–Crippen LogP) is 4.82. The third kappa shape index (κ3) is 5.12. The van der Waals surface area contributed by atoms with Gasteiger partial charge < -0.3 is 24.3 Å². The molecule has 35 heavy (non-hydrogen) atoms. The molecular formula is C22H19BrClF3N4O4. The van der Waals surface area contributed by atoms with Gasteiger partial charge in [-0.2, -0.15) is 13.2 Å². The summed E-state index contributed by atoms with van der Waals surface area (Å²) in [6, 6.07) is 7.83. The molecule has 0 radical (unpaired) electrons. The van der Waals surface area contributed by atoms with Crippen molar-refractivity contribution < 1.29 is 32.1 Å². The summed E-state index contributed by atoms with van der Waals surface area (Å²) in [5, 5.41) is 6.02. The maximum absolute atomic E-state index is 12.8. The molecule has 2 N–H and O–H groups in total. The van der Waals surface area contributed by atoms with E-state index in [9.17, 15) is 13.2 Å². The summed E-state index contributed by atoms with van der Waals surface area (Å²) in [7, 11) is 1.49. The molecule has 0 bridgehead atoms. The van der Waals surface area contributed by atoms with E-state index in [-0.39, 0.29) is 13.2 Å². The highest BCUT2D eigenvalue weighted by atomic mass is 79.9. The Balaban J connectivity index is 1.38. The second-order valence-corrected chi connectivity index (χ2v) is 9.26. The molecule has 2 aromatic carbocycles. The number of fused-ring (bicyclic) bond motifs is 2. The quantitative estimate of drug-likeness (QED) is 0.405.